The second kappa shape index (κ2) is 18.0. The molecule has 4 aromatic rings. The van der Waals surface area contributed by atoms with Gasteiger partial charge >= 0.3 is 0 Å². The fraction of sp³-hybridized carbons (Fsp3) is 0.222. The number of hydrogen-bond donors (Lipinski definition) is 5. The molecule has 5 N–H and O–H groups in total. The Bertz CT molecular complexity index is 1660. The number of hydrogen-bond acceptors (Lipinski definition) is 9. The number of aliphatic hydroxyl groups excluding tert-OH is 1. The lowest BCUT2D eigenvalue weighted by Crippen LogP contribution is -2.30. The molecule has 49 heavy (non-hydrogen) atoms. The highest BCUT2D eigenvalue weighted by molar-refractivity contribution is 8.00. The molecule has 1 heterocycles. The largest absolute Gasteiger partial charge is 0.483 e. The number of ether oxygens (including phenoxy) is 2. The van der Waals surface area contributed by atoms with E-state index in [1.807, 2.05) is 24.3 Å². The predicted molar refractivity (Wildman–Crippen MR) is 191 cm³/mol. The third-order valence-corrected chi connectivity index (χ3v) is 9.53. The summed E-state index contributed by atoms with van der Waals surface area (Å²) in [6, 6.07) is 27.8. The summed E-state index contributed by atoms with van der Waals surface area (Å²) in [5.41, 5.74) is 1.69. The lowest BCUT2D eigenvalue weighted by atomic mass is 10.2. The van der Waals surface area contributed by atoms with Crippen molar-refractivity contribution in [2.24, 2.45) is 0 Å². The van der Waals surface area contributed by atoms with Gasteiger partial charge in [0.05, 0.1) is 28.6 Å². The van der Waals surface area contributed by atoms with E-state index in [4.69, 9.17) is 9.47 Å². The SMILES string of the molecule is O=C1COc2ccccc2C(=O)NCCCNC(=O)c2ccccc2OCC(=O)Nc2ccccc2SCC(O)CSc2ccccc2N1. The molecule has 4 amide bonds. The molecule has 0 fully saturated rings. The molecule has 0 aliphatic carbocycles. The van der Waals surface area contributed by atoms with Gasteiger partial charge in [0.2, 0.25) is 0 Å². The zero-order chi connectivity index (χ0) is 34.4. The number of benzene rings is 4. The molecule has 0 bridgehead atoms. The first kappa shape index (κ1) is 35.3. The minimum absolute atomic E-state index is 0.256. The first-order valence-corrected chi connectivity index (χ1v) is 17.6. The molecule has 0 radical (unpaired) electrons. The quantitative estimate of drug-likeness (QED) is 0.174. The molecule has 5 rings (SSSR count). The van der Waals surface area contributed by atoms with Gasteiger partial charge in [-0.3, -0.25) is 19.2 Å². The van der Waals surface area contributed by atoms with E-state index < -0.39 is 17.9 Å². The number of fused-ring (bicyclic) bond motifs is 4. The van der Waals surface area contributed by atoms with Gasteiger partial charge in [-0.05, 0) is 55.0 Å². The number of amides is 4. The number of nitrogens with one attached hydrogen (secondary N) is 4. The Morgan fingerprint density at radius 1 is 0.571 bits per heavy atom. The molecular weight excluding hydrogens is 665 g/mol. The van der Waals surface area contributed by atoms with Crippen molar-refractivity contribution in [2.75, 3.05) is 48.4 Å². The highest BCUT2D eigenvalue weighted by atomic mass is 32.2. The van der Waals surface area contributed by atoms with Crippen LogP contribution in [-0.4, -0.2) is 72.6 Å². The minimum Gasteiger partial charge on any atom is -0.483 e. The Morgan fingerprint density at radius 3 is 1.45 bits per heavy atom. The van der Waals surface area contributed by atoms with Crippen LogP contribution in [0.3, 0.4) is 0 Å². The lowest BCUT2D eigenvalue weighted by molar-refractivity contribution is -0.118. The van der Waals surface area contributed by atoms with Gasteiger partial charge in [-0.15, -0.1) is 23.5 Å². The first-order valence-electron chi connectivity index (χ1n) is 15.6. The van der Waals surface area contributed by atoms with Gasteiger partial charge < -0.3 is 35.8 Å². The Labute approximate surface area is 292 Å². The number of rotatable bonds is 0. The van der Waals surface area contributed by atoms with Crippen LogP contribution in [0.2, 0.25) is 0 Å². The van der Waals surface area contributed by atoms with Crippen LogP contribution in [-0.2, 0) is 9.59 Å². The van der Waals surface area contributed by atoms with Crippen LogP contribution in [0.4, 0.5) is 11.4 Å². The maximum absolute atomic E-state index is 13.0. The molecule has 4 aromatic carbocycles. The summed E-state index contributed by atoms with van der Waals surface area (Å²) >= 11 is 2.80. The Morgan fingerprint density at radius 2 is 0.980 bits per heavy atom. The van der Waals surface area contributed by atoms with Gasteiger partial charge in [0.1, 0.15) is 11.5 Å². The van der Waals surface area contributed by atoms with E-state index in [1.165, 1.54) is 23.5 Å². The molecule has 0 spiro atoms. The zero-order valence-corrected chi connectivity index (χ0v) is 28.1. The standard InChI is InChI=1S/C36H36N4O7S2/c41-24-22-48-31-16-7-3-12-27(31)39-33(42)20-46-29-14-5-1-10-25(29)35(44)37-18-9-19-38-36(45)26-11-2-6-15-30(26)47-21-34(43)40-28-13-4-8-17-32(28)49-23-24/h1-8,10-17,24,41H,9,18-23H2,(H,37,44)(H,38,45)(H,39,42)(H,40,43). The van der Waals surface area contributed by atoms with Crippen LogP contribution in [0.5, 0.6) is 11.5 Å². The van der Waals surface area contributed by atoms with E-state index in [9.17, 15) is 24.3 Å². The van der Waals surface area contributed by atoms with E-state index in [-0.39, 0.29) is 60.7 Å². The van der Waals surface area contributed by atoms with Gasteiger partial charge in [-0.2, -0.15) is 0 Å². The first-order chi connectivity index (χ1) is 23.9. The van der Waals surface area contributed by atoms with Crippen LogP contribution >= 0.6 is 23.5 Å². The van der Waals surface area contributed by atoms with Crippen molar-refractivity contribution in [3.8, 4) is 11.5 Å². The van der Waals surface area contributed by atoms with Crippen molar-refractivity contribution in [2.45, 2.75) is 22.3 Å². The lowest BCUT2D eigenvalue weighted by Gasteiger charge is -2.16. The fourth-order valence-electron chi connectivity index (χ4n) is 4.71. The maximum Gasteiger partial charge on any atom is 0.262 e. The number of carbonyl (C=O) groups is 4. The fourth-order valence-corrected chi connectivity index (χ4v) is 6.74. The van der Waals surface area contributed by atoms with Crippen LogP contribution in [0.15, 0.2) is 107 Å². The highest BCUT2D eigenvalue weighted by Gasteiger charge is 2.17. The smallest absolute Gasteiger partial charge is 0.262 e. The molecule has 0 saturated carbocycles. The number of thioether (sulfide) groups is 2. The minimum atomic E-state index is -0.702. The van der Waals surface area contributed by atoms with Crippen molar-refractivity contribution in [3.63, 3.8) is 0 Å². The molecule has 11 nitrogen and oxygen atoms in total. The van der Waals surface area contributed by atoms with Crippen LogP contribution in [0.1, 0.15) is 27.1 Å². The summed E-state index contributed by atoms with van der Waals surface area (Å²) in [7, 11) is 0. The molecule has 0 saturated heterocycles. The highest BCUT2D eigenvalue weighted by Crippen LogP contribution is 2.31. The third-order valence-electron chi connectivity index (χ3n) is 7.09. The van der Waals surface area contributed by atoms with Gasteiger partial charge in [0.25, 0.3) is 23.6 Å². The molecule has 13 heteroatoms. The molecule has 1 aliphatic rings. The molecule has 1 aliphatic heterocycles. The second-order valence-corrected chi connectivity index (χ2v) is 12.9. The normalized spacial score (nSPS) is 16.2. The molecule has 0 aromatic heterocycles. The Hall–Kier alpha value is -4.98. The summed E-state index contributed by atoms with van der Waals surface area (Å²) in [5.74, 6) is -0.355. The van der Waals surface area contributed by atoms with Gasteiger partial charge in [-0.1, -0.05) is 48.5 Å². The van der Waals surface area contributed by atoms with Crippen LogP contribution in [0.25, 0.3) is 0 Å². The average Bonchev–Trinajstić information content (AvgIpc) is 3.12. The van der Waals surface area contributed by atoms with Crippen molar-refractivity contribution in [3.05, 3.63) is 108 Å². The second-order valence-electron chi connectivity index (χ2n) is 10.8. The van der Waals surface area contributed by atoms with E-state index in [0.29, 0.717) is 29.3 Å². The topological polar surface area (TPSA) is 155 Å². The third kappa shape index (κ3) is 10.5. The average molecular weight is 701 g/mol. The van der Waals surface area contributed by atoms with Crippen molar-refractivity contribution >= 4 is 58.5 Å². The molecule has 0 unspecified atom stereocenters. The number of aliphatic hydroxyl groups is 1. The zero-order valence-electron chi connectivity index (χ0n) is 26.5. The van der Waals surface area contributed by atoms with Crippen LogP contribution < -0.4 is 30.7 Å². The Balaban J connectivity index is 1.31. The Kier molecular flexibility index (Phi) is 13.0. The summed E-state index contributed by atoms with van der Waals surface area (Å²) in [4.78, 5) is 53.2. The molecule has 0 atom stereocenters. The maximum atomic E-state index is 13.0. The monoisotopic (exact) mass is 700 g/mol. The number of anilines is 2. The van der Waals surface area contributed by atoms with Gasteiger partial charge in [-0.25, -0.2) is 0 Å². The van der Waals surface area contributed by atoms with Crippen molar-refractivity contribution < 1.29 is 33.8 Å². The summed E-state index contributed by atoms with van der Waals surface area (Å²) in [5, 5.41) is 22.2. The molecule has 254 valence electrons. The van der Waals surface area contributed by atoms with E-state index >= 15 is 0 Å². The molecular formula is C36H36N4O7S2. The van der Waals surface area contributed by atoms with E-state index in [2.05, 4.69) is 21.3 Å². The number of para-hydroxylation sites is 4. The van der Waals surface area contributed by atoms with Gasteiger partial charge in [0.15, 0.2) is 13.2 Å². The summed E-state index contributed by atoms with van der Waals surface area (Å²) in [6.07, 6.45) is -0.258. The van der Waals surface area contributed by atoms with E-state index in [0.717, 1.165) is 9.79 Å². The summed E-state index contributed by atoms with van der Waals surface area (Å²) < 4.78 is 11.5. The summed E-state index contributed by atoms with van der Waals surface area (Å²) in [6.45, 7) is -0.101. The van der Waals surface area contributed by atoms with Gasteiger partial charge in [0, 0.05) is 34.4 Å². The van der Waals surface area contributed by atoms with Crippen LogP contribution in [0, 0.1) is 0 Å². The van der Waals surface area contributed by atoms with Crippen molar-refractivity contribution in [1.82, 2.24) is 10.6 Å². The predicted octanol–water partition coefficient (Wildman–Crippen LogP) is 4.83. The van der Waals surface area contributed by atoms with Crippen molar-refractivity contribution in [1.29, 1.82) is 0 Å². The van der Waals surface area contributed by atoms with E-state index in [1.54, 1.807) is 72.8 Å². The number of carbonyl (C=O) groups excluding carboxylic acids is 4.